The van der Waals surface area contributed by atoms with Gasteiger partial charge in [-0.3, -0.25) is 0 Å². The van der Waals surface area contributed by atoms with E-state index in [-0.39, 0.29) is 17.6 Å². The highest BCUT2D eigenvalue weighted by Gasteiger charge is 2.42. The molecule has 382 valence electrons. The normalized spacial score (nSPS) is 22.1. The minimum absolute atomic E-state index is 0.0452. The maximum Gasteiger partial charge on any atom is 0.104 e. The second kappa shape index (κ2) is 36.7. The second-order valence-electron chi connectivity index (χ2n) is 17.0. The standard InChI is InChI=1S/C51H80Br2O14/c52-43-9-11-47-48-12-10-44(53)38-50(48)51(49(47)37-43,13-5-1-3-7-15-62-39-45-41-64-31-29-58-23-21-54-17-19-56-25-27-60-33-35-66-45)14-6-2-4-8-16-63-40-46-42-65-32-30-59-24-22-55-18-20-57-26-28-61-34-36-67-46/h9-12,37-38,45-46H,1-8,13-36,39-42H2. The summed E-state index contributed by atoms with van der Waals surface area (Å²) < 4.78 is 83.2. The Morgan fingerprint density at radius 3 is 1.06 bits per heavy atom. The second-order valence-corrected chi connectivity index (χ2v) is 18.8. The van der Waals surface area contributed by atoms with Crippen LogP contribution in [0, 0.1) is 0 Å². The van der Waals surface area contributed by atoms with E-state index in [1.807, 2.05) is 0 Å². The Labute approximate surface area is 417 Å². The molecule has 1 aliphatic carbocycles. The quantitative estimate of drug-likeness (QED) is 0.133. The first-order valence-corrected chi connectivity index (χ1v) is 26.5. The minimum atomic E-state index is -0.167. The average molecular weight is 1080 g/mol. The monoisotopic (exact) mass is 1070 g/mol. The fourth-order valence-corrected chi connectivity index (χ4v) is 9.25. The Hall–Kier alpha value is -1.16. The van der Waals surface area contributed by atoms with E-state index in [1.165, 1.54) is 22.3 Å². The third kappa shape index (κ3) is 23.3. The fourth-order valence-electron chi connectivity index (χ4n) is 8.53. The maximum atomic E-state index is 6.15. The van der Waals surface area contributed by atoms with E-state index in [4.69, 9.17) is 66.3 Å². The van der Waals surface area contributed by atoms with Gasteiger partial charge in [-0.2, -0.15) is 0 Å². The van der Waals surface area contributed by atoms with Crippen molar-refractivity contribution < 1.29 is 66.3 Å². The summed E-state index contributed by atoms with van der Waals surface area (Å²) in [7, 11) is 0. The molecule has 0 amide bonds. The highest BCUT2D eigenvalue weighted by Crippen LogP contribution is 2.55. The van der Waals surface area contributed by atoms with Crippen molar-refractivity contribution in [3.05, 3.63) is 56.5 Å². The van der Waals surface area contributed by atoms with Crippen LogP contribution in [0.1, 0.15) is 75.3 Å². The molecule has 5 rings (SSSR count). The number of rotatable bonds is 18. The van der Waals surface area contributed by atoms with Crippen LogP contribution >= 0.6 is 31.9 Å². The zero-order chi connectivity index (χ0) is 46.7. The molecule has 14 nitrogen and oxygen atoms in total. The molecule has 2 aromatic carbocycles. The number of hydrogen-bond acceptors (Lipinski definition) is 14. The third-order valence-electron chi connectivity index (χ3n) is 11.9. The fraction of sp³-hybridized carbons (Fsp3) is 0.765. The largest absolute Gasteiger partial charge is 0.379 e. The van der Waals surface area contributed by atoms with E-state index in [0.717, 1.165) is 73.2 Å². The first-order valence-electron chi connectivity index (χ1n) is 24.9. The van der Waals surface area contributed by atoms with E-state index in [0.29, 0.717) is 172 Å². The van der Waals surface area contributed by atoms with Crippen LogP contribution in [0.15, 0.2) is 45.3 Å². The van der Waals surface area contributed by atoms with Crippen molar-refractivity contribution in [3.8, 4) is 11.1 Å². The molecular formula is C51H80Br2O14. The summed E-state index contributed by atoms with van der Waals surface area (Å²) in [6.45, 7) is 13.6. The molecule has 2 fully saturated rings. The summed E-state index contributed by atoms with van der Waals surface area (Å²) in [5, 5.41) is 0. The Morgan fingerprint density at radius 2 is 0.701 bits per heavy atom. The van der Waals surface area contributed by atoms with Gasteiger partial charge >= 0.3 is 0 Å². The molecule has 3 aliphatic rings. The zero-order valence-corrected chi connectivity index (χ0v) is 43.2. The van der Waals surface area contributed by atoms with Crippen molar-refractivity contribution in [2.75, 3.05) is 172 Å². The number of unbranched alkanes of at least 4 members (excludes halogenated alkanes) is 6. The van der Waals surface area contributed by atoms with E-state index in [9.17, 15) is 0 Å². The molecule has 2 saturated heterocycles. The number of hydrogen-bond donors (Lipinski definition) is 0. The molecule has 2 aliphatic heterocycles. The van der Waals surface area contributed by atoms with E-state index in [2.05, 4.69) is 68.3 Å². The Bertz CT molecular complexity index is 1390. The summed E-state index contributed by atoms with van der Waals surface area (Å²) >= 11 is 7.67. The van der Waals surface area contributed by atoms with Gasteiger partial charge in [0.05, 0.1) is 159 Å². The lowest BCUT2D eigenvalue weighted by molar-refractivity contribution is -0.0846. The van der Waals surface area contributed by atoms with Crippen molar-refractivity contribution in [2.45, 2.75) is 81.8 Å². The first-order chi connectivity index (χ1) is 33.2. The molecule has 0 radical (unpaired) electrons. The molecular weight excluding hydrogens is 996 g/mol. The average Bonchev–Trinajstić information content (AvgIpc) is 3.58. The third-order valence-corrected chi connectivity index (χ3v) is 12.9. The van der Waals surface area contributed by atoms with Crippen molar-refractivity contribution in [1.82, 2.24) is 0 Å². The summed E-state index contributed by atoms with van der Waals surface area (Å²) in [6.07, 6.45) is 10.7. The van der Waals surface area contributed by atoms with Crippen molar-refractivity contribution in [3.63, 3.8) is 0 Å². The number of ether oxygens (including phenoxy) is 14. The molecule has 2 atom stereocenters. The van der Waals surface area contributed by atoms with Gasteiger partial charge < -0.3 is 66.3 Å². The summed E-state index contributed by atoms with van der Waals surface area (Å²) in [5.41, 5.74) is 5.57. The molecule has 67 heavy (non-hydrogen) atoms. The van der Waals surface area contributed by atoms with Gasteiger partial charge in [0.15, 0.2) is 0 Å². The Kier molecular flexibility index (Phi) is 31.1. The molecule has 16 heteroatoms. The topological polar surface area (TPSA) is 129 Å². The molecule has 2 heterocycles. The predicted molar refractivity (Wildman–Crippen MR) is 264 cm³/mol. The van der Waals surface area contributed by atoms with Crippen LogP contribution in [0.3, 0.4) is 0 Å². The number of fused-ring (bicyclic) bond motifs is 3. The van der Waals surface area contributed by atoms with Crippen molar-refractivity contribution >= 4 is 31.9 Å². The smallest absolute Gasteiger partial charge is 0.104 e. The van der Waals surface area contributed by atoms with Crippen molar-refractivity contribution in [2.24, 2.45) is 0 Å². The Balaban J connectivity index is 1.04. The van der Waals surface area contributed by atoms with Gasteiger partial charge in [-0.1, -0.05) is 82.5 Å². The zero-order valence-electron chi connectivity index (χ0n) is 40.0. The summed E-state index contributed by atoms with van der Waals surface area (Å²) in [4.78, 5) is 0. The van der Waals surface area contributed by atoms with Gasteiger partial charge in [-0.05, 0) is 72.2 Å². The predicted octanol–water partition coefficient (Wildman–Crippen LogP) is 8.38. The van der Waals surface area contributed by atoms with Crippen LogP contribution in [0.4, 0.5) is 0 Å². The van der Waals surface area contributed by atoms with Gasteiger partial charge in [0.1, 0.15) is 12.2 Å². The molecule has 0 aromatic heterocycles. The molecule has 0 N–H and O–H groups in total. The van der Waals surface area contributed by atoms with Crippen LogP contribution in [0.2, 0.25) is 0 Å². The first kappa shape index (κ1) is 56.8. The van der Waals surface area contributed by atoms with Crippen LogP contribution in [0.5, 0.6) is 0 Å². The summed E-state index contributed by atoms with van der Waals surface area (Å²) in [5.74, 6) is 0. The van der Waals surface area contributed by atoms with E-state index < -0.39 is 0 Å². The molecule has 0 saturated carbocycles. The molecule has 0 bridgehead atoms. The van der Waals surface area contributed by atoms with Gasteiger partial charge in [-0.15, -0.1) is 0 Å². The minimum Gasteiger partial charge on any atom is -0.379 e. The van der Waals surface area contributed by atoms with E-state index >= 15 is 0 Å². The molecule has 2 unspecified atom stereocenters. The number of benzene rings is 2. The van der Waals surface area contributed by atoms with Gasteiger partial charge in [0.2, 0.25) is 0 Å². The lowest BCUT2D eigenvalue weighted by Gasteiger charge is -2.33. The molecule has 2 aromatic rings. The van der Waals surface area contributed by atoms with Crippen LogP contribution < -0.4 is 0 Å². The molecule has 0 spiro atoms. The lowest BCUT2D eigenvalue weighted by atomic mass is 9.70. The highest BCUT2D eigenvalue weighted by atomic mass is 79.9. The van der Waals surface area contributed by atoms with Gasteiger partial charge in [0.25, 0.3) is 0 Å². The van der Waals surface area contributed by atoms with Crippen LogP contribution in [-0.4, -0.2) is 184 Å². The summed E-state index contributed by atoms with van der Waals surface area (Å²) in [6, 6.07) is 13.7. The van der Waals surface area contributed by atoms with Crippen molar-refractivity contribution in [1.29, 1.82) is 0 Å². The van der Waals surface area contributed by atoms with Gasteiger partial charge in [-0.25, -0.2) is 0 Å². The van der Waals surface area contributed by atoms with Crippen LogP contribution in [-0.2, 0) is 71.7 Å². The Morgan fingerprint density at radius 1 is 0.388 bits per heavy atom. The highest BCUT2D eigenvalue weighted by molar-refractivity contribution is 9.10. The maximum absolute atomic E-state index is 6.15. The van der Waals surface area contributed by atoms with Gasteiger partial charge in [0, 0.05) is 27.6 Å². The SMILES string of the molecule is Brc1ccc2c(c1)C(CCCCCCOCC1COCCOCCOCCOCCOCCO1)(CCCCCCOCC1COCCOCCOCCOCCOCCO1)c1cc(Br)ccc1-2. The lowest BCUT2D eigenvalue weighted by Crippen LogP contribution is -2.28. The van der Waals surface area contributed by atoms with E-state index in [1.54, 1.807) is 0 Å². The van der Waals surface area contributed by atoms with Crippen LogP contribution in [0.25, 0.3) is 11.1 Å². The number of halogens is 2.